The lowest BCUT2D eigenvalue weighted by Gasteiger charge is -2.06. The van der Waals surface area contributed by atoms with Crippen LogP contribution >= 0.6 is 12.6 Å². The molecule has 0 aromatic heterocycles. The third kappa shape index (κ3) is 25.5. The molecule has 0 aliphatic rings. The predicted octanol–water partition coefficient (Wildman–Crippen LogP) is 1.69. The van der Waals surface area contributed by atoms with Gasteiger partial charge in [-0.15, -0.1) is 0 Å². The fourth-order valence-corrected chi connectivity index (χ4v) is 0.490. The van der Waals surface area contributed by atoms with Gasteiger partial charge in [0.05, 0.1) is 0 Å². The highest BCUT2D eigenvalue weighted by atomic mass is 32.1. The molecule has 2 N–H and O–H groups in total. The van der Waals surface area contributed by atoms with Crippen molar-refractivity contribution in [1.82, 2.24) is 15.5 Å². The van der Waals surface area contributed by atoms with Crippen LogP contribution in [0.1, 0.15) is 20.8 Å². The summed E-state index contributed by atoms with van der Waals surface area (Å²) in [5.74, 6) is -0.195. The Kier molecular flexibility index (Phi) is 35.7. The SMILES string of the molecule is C=C/C(=C\C(=O)N(C)C)NC=O.CC.CCNC.CS. The van der Waals surface area contributed by atoms with Crippen molar-refractivity contribution >= 4 is 24.9 Å². The second kappa shape index (κ2) is 26.3. The van der Waals surface area contributed by atoms with E-state index in [9.17, 15) is 9.59 Å². The van der Waals surface area contributed by atoms with Crippen LogP contribution in [0.25, 0.3) is 0 Å². The van der Waals surface area contributed by atoms with Crippen LogP contribution in [0.3, 0.4) is 0 Å². The zero-order valence-corrected chi connectivity index (χ0v) is 14.8. The van der Waals surface area contributed by atoms with Crippen molar-refractivity contribution in [2.75, 3.05) is 33.9 Å². The van der Waals surface area contributed by atoms with Gasteiger partial charge in [0.2, 0.25) is 12.3 Å². The zero-order valence-electron chi connectivity index (χ0n) is 13.9. The second-order valence-electron chi connectivity index (χ2n) is 3.01. The summed E-state index contributed by atoms with van der Waals surface area (Å²) >= 11 is 3.53. The Bertz CT molecular complexity index is 253. The highest BCUT2D eigenvalue weighted by Gasteiger charge is 1.99. The maximum atomic E-state index is 11.0. The average Bonchev–Trinajstić information content (AvgIpc) is 2.50. The summed E-state index contributed by atoms with van der Waals surface area (Å²) in [6.45, 7) is 10.6. The molecule has 0 fully saturated rings. The first kappa shape index (κ1) is 27.1. The minimum Gasteiger partial charge on any atom is -0.345 e. The number of hydrogen-bond acceptors (Lipinski definition) is 4. The minimum absolute atomic E-state index is 0.195. The van der Waals surface area contributed by atoms with Gasteiger partial charge in [0.15, 0.2) is 0 Å². The van der Waals surface area contributed by atoms with Gasteiger partial charge in [-0.05, 0) is 25.9 Å². The lowest BCUT2D eigenvalue weighted by Crippen LogP contribution is -2.21. The van der Waals surface area contributed by atoms with Gasteiger partial charge >= 0.3 is 0 Å². The average molecular weight is 305 g/mol. The summed E-state index contributed by atoms with van der Waals surface area (Å²) in [6.07, 6.45) is 4.88. The van der Waals surface area contributed by atoms with E-state index in [1.807, 2.05) is 20.9 Å². The molecule has 0 aliphatic carbocycles. The van der Waals surface area contributed by atoms with Crippen molar-refractivity contribution in [3.63, 3.8) is 0 Å². The highest BCUT2D eigenvalue weighted by Crippen LogP contribution is 1.90. The monoisotopic (exact) mass is 305 g/mol. The van der Waals surface area contributed by atoms with Crippen LogP contribution in [0.2, 0.25) is 0 Å². The topological polar surface area (TPSA) is 61.4 Å². The van der Waals surface area contributed by atoms with Crippen LogP contribution in [0.5, 0.6) is 0 Å². The van der Waals surface area contributed by atoms with Crippen molar-refractivity contribution in [3.05, 3.63) is 24.4 Å². The van der Waals surface area contributed by atoms with Crippen molar-refractivity contribution < 1.29 is 9.59 Å². The Morgan fingerprint density at radius 3 is 1.90 bits per heavy atom. The molecule has 0 bridgehead atoms. The number of carbonyl (C=O) groups is 2. The number of carbonyl (C=O) groups excluding carboxylic acids is 2. The highest BCUT2D eigenvalue weighted by molar-refractivity contribution is 7.79. The van der Waals surface area contributed by atoms with Crippen LogP contribution in [-0.4, -0.2) is 51.2 Å². The van der Waals surface area contributed by atoms with Crippen molar-refractivity contribution in [3.8, 4) is 0 Å². The first-order valence-electron chi connectivity index (χ1n) is 6.38. The largest absolute Gasteiger partial charge is 0.345 e. The molecule has 2 amide bonds. The van der Waals surface area contributed by atoms with E-state index >= 15 is 0 Å². The Balaban J connectivity index is -0.000000134. The summed E-state index contributed by atoms with van der Waals surface area (Å²) in [4.78, 5) is 22.4. The molecule has 0 aromatic carbocycles. The molecule has 0 radical (unpaired) electrons. The molecule has 20 heavy (non-hydrogen) atoms. The number of allylic oxidation sites excluding steroid dienone is 1. The molecule has 0 unspecified atom stereocenters. The Morgan fingerprint density at radius 2 is 1.70 bits per heavy atom. The number of amides is 2. The molecule has 0 saturated heterocycles. The van der Waals surface area contributed by atoms with Gasteiger partial charge in [0, 0.05) is 25.9 Å². The fourth-order valence-electron chi connectivity index (χ4n) is 0.490. The quantitative estimate of drug-likeness (QED) is 0.313. The molecule has 0 rings (SSSR count). The number of hydrogen-bond donors (Lipinski definition) is 3. The van der Waals surface area contributed by atoms with E-state index in [-0.39, 0.29) is 5.91 Å². The van der Waals surface area contributed by atoms with Gasteiger partial charge in [0.1, 0.15) is 0 Å². The lowest BCUT2D eigenvalue weighted by molar-refractivity contribution is -0.123. The van der Waals surface area contributed by atoms with E-state index in [4.69, 9.17) is 0 Å². The Morgan fingerprint density at radius 1 is 1.30 bits per heavy atom. The molecule has 5 nitrogen and oxygen atoms in total. The first-order valence-corrected chi connectivity index (χ1v) is 7.27. The standard InChI is InChI=1S/C8H12N2O2.C3H9N.C2H6.CH4S/c1-4-7(9-6-11)5-8(12)10(2)3;1-3-4-2;2*1-2/h4-6H,1H2,2-3H3,(H,9,11);4H,3H2,1-2H3;1-2H3;2H,1H3/b7-5+;;;. The predicted molar refractivity (Wildman–Crippen MR) is 92.0 cm³/mol. The van der Waals surface area contributed by atoms with Crippen LogP contribution in [0, 0.1) is 0 Å². The van der Waals surface area contributed by atoms with Crippen LogP contribution in [0.4, 0.5) is 0 Å². The summed E-state index contributed by atoms with van der Waals surface area (Å²) in [6, 6.07) is 0. The molecule has 120 valence electrons. The summed E-state index contributed by atoms with van der Waals surface area (Å²) in [5, 5.41) is 5.26. The molecule has 0 spiro atoms. The molecular formula is C14H31N3O2S. The maximum absolute atomic E-state index is 11.0. The molecule has 6 heteroatoms. The molecule has 0 aromatic rings. The maximum Gasteiger partial charge on any atom is 0.248 e. The van der Waals surface area contributed by atoms with E-state index in [2.05, 4.69) is 36.8 Å². The minimum atomic E-state index is -0.195. The summed E-state index contributed by atoms with van der Waals surface area (Å²) in [7, 11) is 5.18. The third-order valence-corrected chi connectivity index (χ3v) is 1.52. The summed E-state index contributed by atoms with van der Waals surface area (Å²) < 4.78 is 0. The van der Waals surface area contributed by atoms with E-state index in [1.54, 1.807) is 20.4 Å². The Hall–Kier alpha value is -1.27. The summed E-state index contributed by atoms with van der Waals surface area (Å²) in [5.41, 5.74) is 0.392. The van der Waals surface area contributed by atoms with Gasteiger partial charge in [-0.3, -0.25) is 9.59 Å². The third-order valence-electron chi connectivity index (χ3n) is 1.52. The molecule has 0 aliphatic heterocycles. The molecular weight excluding hydrogens is 274 g/mol. The second-order valence-corrected chi connectivity index (χ2v) is 3.01. The van der Waals surface area contributed by atoms with Crippen LogP contribution < -0.4 is 10.6 Å². The van der Waals surface area contributed by atoms with E-state index < -0.39 is 0 Å². The van der Waals surface area contributed by atoms with Crippen LogP contribution in [-0.2, 0) is 9.59 Å². The molecule has 0 atom stereocenters. The van der Waals surface area contributed by atoms with Crippen molar-refractivity contribution in [1.29, 1.82) is 0 Å². The normalized spacial score (nSPS) is 8.30. The van der Waals surface area contributed by atoms with Gasteiger partial charge in [-0.2, -0.15) is 12.6 Å². The molecule has 0 saturated carbocycles. The first-order chi connectivity index (χ1) is 9.53. The van der Waals surface area contributed by atoms with E-state index in [0.717, 1.165) is 6.54 Å². The lowest BCUT2D eigenvalue weighted by atomic mass is 10.3. The van der Waals surface area contributed by atoms with Gasteiger partial charge in [0.25, 0.3) is 0 Å². The van der Waals surface area contributed by atoms with Gasteiger partial charge in [-0.1, -0.05) is 27.4 Å². The smallest absolute Gasteiger partial charge is 0.248 e. The van der Waals surface area contributed by atoms with Crippen LogP contribution in [0.15, 0.2) is 24.4 Å². The van der Waals surface area contributed by atoms with E-state index in [0.29, 0.717) is 12.1 Å². The Labute approximate surface area is 129 Å². The van der Waals surface area contributed by atoms with Gasteiger partial charge in [-0.25, -0.2) is 0 Å². The van der Waals surface area contributed by atoms with Crippen molar-refractivity contribution in [2.24, 2.45) is 0 Å². The number of rotatable bonds is 5. The number of nitrogens with one attached hydrogen (secondary N) is 2. The van der Waals surface area contributed by atoms with Crippen molar-refractivity contribution in [2.45, 2.75) is 20.8 Å². The van der Waals surface area contributed by atoms with Gasteiger partial charge < -0.3 is 15.5 Å². The zero-order chi connectivity index (χ0) is 17.0. The number of nitrogens with zero attached hydrogens (tertiary/aromatic N) is 1. The molecule has 0 heterocycles. The number of likely N-dealkylation sites (N-methyl/N-ethyl adjacent to an activating group) is 1. The number of thiol groups is 1. The fraction of sp³-hybridized carbons (Fsp3) is 0.571. The van der Waals surface area contributed by atoms with E-state index in [1.165, 1.54) is 17.1 Å².